The Morgan fingerprint density at radius 2 is 1.71 bits per heavy atom. The van der Waals surface area contributed by atoms with Gasteiger partial charge in [-0.3, -0.25) is 9.59 Å². The molecule has 152 valence electrons. The van der Waals surface area contributed by atoms with Crippen LogP contribution in [0, 0.1) is 0 Å². The number of hydrogen-bond donors (Lipinski definition) is 3. The lowest BCUT2D eigenvalue weighted by atomic mass is 10.0. The van der Waals surface area contributed by atoms with Gasteiger partial charge < -0.3 is 16.2 Å². The quantitative estimate of drug-likeness (QED) is 0.423. The van der Waals surface area contributed by atoms with Crippen LogP contribution in [0.15, 0.2) is 83.4 Å². The van der Waals surface area contributed by atoms with Gasteiger partial charge in [0.05, 0.1) is 5.56 Å². The Hall–Kier alpha value is -4.66. The number of fused-ring (bicyclic) bond motifs is 1. The van der Waals surface area contributed by atoms with Gasteiger partial charge in [0.2, 0.25) is 0 Å². The second-order valence-corrected chi connectivity index (χ2v) is 6.49. The highest BCUT2D eigenvalue weighted by molar-refractivity contribution is 6.11. The number of carbonyl (C=O) groups is 2. The van der Waals surface area contributed by atoms with Crippen LogP contribution in [-0.4, -0.2) is 26.9 Å². The second kappa shape index (κ2) is 8.37. The van der Waals surface area contributed by atoms with Crippen LogP contribution >= 0.6 is 0 Å². The molecule has 9 nitrogen and oxygen atoms in total. The van der Waals surface area contributed by atoms with E-state index in [4.69, 9.17) is 5.73 Å². The molecule has 0 saturated heterocycles. The van der Waals surface area contributed by atoms with Crippen LogP contribution in [0.4, 0.5) is 17.2 Å². The summed E-state index contributed by atoms with van der Waals surface area (Å²) in [4.78, 5) is 32.0. The standard InChI is InChI=1S/C22H16N6O3/c23-20(30)17-11-24-12-25-21(17)28-27-18-15-9-5-4-6-13(15)10-16(19(18)29)22(31)26-14-7-2-1-3-8-14/h1-12,29H,(H2,23,30)(H,26,31)/b28-27+. The number of rotatable bonds is 5. The van der Waals surface area contributed by atoms with E-state index < -0.39 is 11.8 Å². The van der Waals surface area contributed by atoms with E-state index >= 15 is 0 Å². The number of hydrogen-bond acceptors (Lipinski definition) is 7. The number of para-hydroxylation sites is 1. The molecule has 4 rings (SSSR count). The zero-order valence-corrected chi connectivity index (χ0v) is 16.1. The van der Waals surface area contributed by atoms with Crippen LogP contribution in [0.1, 0.15) is 20.7 Å². The predicted octanol–water partition coefficient (Wildman–Crippen LogP) is 4.10. The smallest absolute Gasteiger partial charge is 0.259 e. The molecule has 2 amide bonds. The maximum absolute atomic E-state index is 12.8. The highest BCUT2D eigenvalue weighted by Crippen LogP contribution is 2.39. The van der Waals surface area contributed by atoms with Crippen molar-refractivity contribution in [2.75, 3.05) is 5.32 Å². The number of benzene rings is 3. The van der Waals surface area contributed by atoms with Crippen molar-refractivity contribution < 1.29 is 14.7 Å². The van der Waals surface area contributed by atoms with Gasteiger partial charge in [0, 0.05) is 17.3 Å². The van der Waals surface area contributed by atoms with Crippen LogP contribution in [0.2, 0.25) is 0 Å². The number of nitrogens with zero attached hydrogens (tertiary/aromatic N) is 4. The number of phenols is 1. The first-order valence-electron chi connectivity index (χ1n) is 9.17. The first-order valence-corrected chi connectivity index (χ1v) is 9.17. The van der Waals surface area contributed by atoms with Crippen molar-refractivity contribution >= 4 is 39.8 Å². The molecule has 0 saturated carbocycles. The lowest BCUT2D eigenvalue weighted by Gasteiger charge is -2.11. The molecule has 4 N–H and O–H groups in total. The van der Waals surface area contributed by atoms with Crippen molar-refractivity contribution in [1.29, 1.82) is 0 Å². The molecule has 4 aromatic rings. The summed E-state index contributed by atoms with van der Waals surface area (Å²) in [5.41, 5.74) is 5.96. The fourth-order valence-electron chi connectivity index (χ4n) is 2.99. The van der Waals surface area contributed by atoms with Crippen molar-refractivity contribution in [3.05, 3.63) is 84.3 Å². The maximum atomic E-state index is 12.8. The molecule has 0 bridgehead atoms. The second-order valence-electron chi connectivity index (χ2n) is 6.49. The Morgan fingerprint density at radius 3 is 2.48 bits per heavy atom. The minimum absolute atomic E-state index is 0.0204. The third-order valence-corrected chi connectivity index (χ3v) is 4.47. The number of aromatic nitrogens is 2. The summed E-state index contributed by atoms with van der Waals surface area (Å²) in [5, 5.41) is 22.9. The van der Waals surface area contributed by atoms with E-state index in [1.165, 1.54) is 12.5 Å². The molecule has 9 heteroatoms. The molecule has 0 aliphatic rings. The summed E-state index contributed by atoms with van der Waals surface area (Å²) < 4.78 is 0. The molecule has 0 atom stereocenters. The Kier molecular flexibility index (Phi) is 5.31. The Bertz CT molecular complexity index is 1320. The summed E-state index contributed by atoms with van der Waals surface area (Å²) >= 11 is 0. The first kappa shape index (κ1) is 19.6. The predicted molar refractivity (Wildman–Crippen MR) is 115 cm³/mol. The van der Waals surface area contributed by atoms with Crippen LogP contribution in [0.25, 0.3) is 10.8 Å². The number of nitrogens with two attached hydrogens (primary N) is 1. The monoisotopic (exact) mass is 412 g/mol. The van der Waals surface area contributed by atoms with E-state index in [9.17, 15) is 14.7 Å². The van der Waals surface area contributed by atoms with E-state index in [-0.39, 0.29) is 28.4 Å². The van der Waals surface area contributed by atoms with Crippen LogP contribution < -0.4 is 11.1 Å². The molecule has 0 fully saturated rings. The largest absolute Gasteiger partial charge is 0.505 e. The minimum atomic E-state index is -0.764. The molecule has 0 unspecified atom stereocenters. The van der Waals surface area contributed by atoms with Crippen LogP contribution in [0.5, 0.6) is 5.75 Å². The molecular weight excluding hydrogens is 396 g/mol. The van der Waals surface area contributed by atoms with Gasteiger partial charge in [-0.05, 0) is 23.6 Å². The molecule has 31 heavy (non-hydrogen) atoms. The Labute approximate surface area is 176 Å². The van der Waals surface area contributed by atoms with Gasteiger partial charge >= 0.3 is 0 Å². The number of primary amides is 1. The van der Waals surface area contributed by atoms with E-state index in [2.05, 4.69) is 25.5 Å². The van der Waals surface area contributed by atoms with E-state index in [1.807, 2.05) is 6.07 Å². The topological polar surface area (TPSA) is 143 Å². The Morgan fingerprint density at radius 1 is 0.968 bits per heavy atom. The zero-order valence-electron chi connectivity index (χ0n) is 16.1. The lowest BCUT2D eigenvalue weighted by molar-refractivity contribution is 0.0997. The number of amides is 2. The van der Waals surface area contributed by atoms with Crippen molar-refractivity contribution in [3.8, 4) is 5.75 Å². The average molecular weight is 412 g/mol. The van der Waals surface area contributed by atoms with Crippen molar-refractivity contribution in [3.63, 3.8) is 0 Å². The van der Waals surface area contributed by atoms with Crippen LogP contribution in [0.3, 0.4) is 0 Å². The number of nitrogens with one attached hydrogen (secondary N) is 1. The fourth-order valence-corrected chi connectivity index (χ4v) is 2.99. The molecule has 0 aliphatic carbocycles. The van der Waals surface area contributed by atoms with Gasteiger partial charge in [-0.1, -0.05) is 42.5 Å². The highest BCUT2D eigenvalue weighted by atomic mass is 16.3. The number of phenolic OH excluding ortho intramolecular Hbond substituents is 1. The van der Waals surface area contributed by atoms with Crippen LogP contribution in [-0.2, 0) is 0 Å². The van der Waals surface area contributed by atoms with Gasteiger partial charge in [0.25, 0.3) is 11.8 Å². The minimum Gasteiger partial charge on any atom is -0.505 e. The third kappa shape index (κ3) is 4.06. The first-order chi connectivity index (χ1) is 15.0. The lowest BCUT2D eigenvalue weighted by Crippen LogP contribution is -2.12. The molecule has 0 radical (unpaired) electrons. The van der Waals surface area contributed by atoms with Gasteiger partial charge in [-0.2, -0.15) is 0 Å². The number of anilines is 1. The SMILES string of the molecule is NC(=O)c1cncnc1/N=N/c1c(O)c(C(=O)Nc2ccccc2)cc2ccccc12. The number of aromatic hydroxyl groups is 1. The van der Waals surface area contributed by atoms with Crippen molar-refractivity contribution in [2.24, 2.45) is 16.0 Å². The van der Waals surface area contributed by atoms with Gasteiger partial charge in [0.15, 0.2) is 11.6 Å². The van der Waals surface area contributed by atoms with Gasteiger partial charge in [-0.15, -0.1) is 10.2 Å². The number of carbonyl (C=O) groups excluding carboxylic acids is 2. The number of azo groups is 1. The summed E-state index contributed by atoms with van der Waals surface area (Å²) in [6.45, 7) is 0. The average Bonchev–Trinajstić information content (AvgIpc) is 2.79. The zero-order chi connectivity index (χ0) is 21.8. The molecule has 1 heterocycles. The van der Waals surface area contributed by atoms with Gasteiger partial charge in [-0.25, -0.2) is 9.97 Å². The molecule has 3 aromatic carbocycles. The van der Waals surface area contributed by atoms with E-state index in [0.29, 0.717) is 16.5 Å². The molecule has 0 aliphatic heterocycles. The van der Waals surface area contributed by atoms with Crippen molar-refractivity contribution in [2.45, 2.75) is 0 Å². The van der Waals surface area contributed by atoms with Crippen molar-refractivity contribution in [1.82, 2.24) is 9.97 Å². The Balaban J connectivity index is 1.81. The summed E-state index contributed by atoms with van der Waals surface area (Å²) in [5.74, 6) is -1.68. The maximum Gasteiger partial charge on any atom is 0.259 e. The summed E-state index contributed by atoms with van der Waals surface area (Å²) in [7, 11) is 0. The fraction of sp³-hybridized carbons (Fsp3) is 0. The molecular formula is C22H16N6O3. The summed E-state index contributed by atoms with van der Waals surface area (Å²) in [6, 6.07) is 17.5. The van der Waals surface area contributed by atoms with E-state index in [1.54, 1.807) is 54.6 Å². The van der Waals surface area contributed by atoms with Gasteiger partial charge in [0.1, 0.15) is 17.6 Å². The highest BCUT2D eigenvalue weighted by Gasteiger charge is 2.19. The normalized spacial score (nSPS) is 11.0. The molecule has 1 aromatic heterocycles. The third-order valence-electron chi connectivity index (χ3n) is 4.47. The van der Waals surface area contributed by atoms with E-state index in [0.717, 1.165) is 0 Å². The summed E-state index contributed by atoms with van der Waals surface area (Å²) in [6.07, 6.45) is 2.42. The molecule has 0 spiro atoms.